The molecule has 5 nitrogen and oxygen atoms in total. The number of carbonyl (C=O) groups is 1. The molecule has 2 aromatic carbocycles. The maximum atomic E-state index is 12.8. The van der Waals surface area contributed by atoms with Crippen LogP contribution >= 0.6 is 23.2 Å². The molecule has 6 atom stereocenters. The SMILES string of the molecule is C[C@@H]1C[C@H](c2cccc(Cl)c2)[C@@H]([C@@](CCc2ccc(Cl)cc2)(C[C@H](O)CO)[C@H](C)O)NC1=O. The Morgan fingerprint density at radius 1 is 1.12 bits per heavy atom. The topological polar surface area (TPSA) is 89.8 Å². The van der Waals surface area contributed by atoms with Gasteiger partial charge in [0.2, 0.25) is 5.91 Å². The van der Waals surface area contributed by atoms with Gasteiger partial charge >= 0.3 is 0 Å². The van der Waals surface area contributed by atoms with Crippen molar-refractivity contribution >= 4 is 29.1 Å². The third-order valence-corrected chi connectivity index (χ3v) is 7.59. The predicted octanol–water partition coefficient (Wildman–Crippen LogP) is 4.34. The fourth-order valence-electron chi connectivity index (χ4n) is 5.19. The van der Waals surface area contributed by atoms with Crippen LogP contribution in [0.1, 0.15) is 50.2 Å². The number of halogens is 2. The maximum Gasteiger partial charge on any atom is 0.223 e. The lowest BCUT2D eigenvalue weighted by Gasteiger charge is -2.50. The second-order valence-electron chi connectivity index (χ2n) is 9.36. The van der Waals surface area contributed by atoms with Crippen LogP contribution in [0.25, 0.3) is 0 Å². The number of hydrogen-bond donors (Lipinski definition) is 4. The smallest absolute Gasteiger partial charge is 0.223 e. The zero-order valence-electron chi connectivity index (χ0n) is 19.0. The summed E-state index contributed by atoms with van der Waals surface area (Å²) >= 11 is 12.3. The van der Waals surface area contributed by atoms with Crippen molar-refractivity contribution in [2.45, 2.75) is 63.7 Å². The Labute approximate surface area is 205 Å². The molecule has 1 fully saturated rings. The molecule has 0 unspecified atom stereocenters. The first-order valence-corrected chi connectivity index (χ1v) is 12.2. The third-order valence-electron chi connectivity index (χ3n) is 7.10. The summed E-state index contributed by atoms with van der Waals surface area (Å²) < 4.78 is 0. The zero-order chi connectivity index (χ0) is 24.2. The van der Waals surface area contributed by atoms with Gasteiger partial charge in [-0.25, -0.2) is 0 Å². The van der Waals surface area contributed by atoms with Gasteiger partial charge < -0.3 is 20.6 Å². The van der Waals surface area contributed by atoms with E-state index in [0.717, 1.165) is 11.1 Å². The number of piperidine rings is 1. The minimum Gasteiger partial charge on any atom is -0.394 e. The predicted molar refractivity (Wildman–Crippen MR) is 132 cm³/mol. The van der Waals surface area contributed by atoms with Crippen LogP contribution in [0, 0.1) is 11.3 Å². The van der Waals surface area contributed by atoms with Gasteiger partial charge in [-0.3, -0.25) is 4.79 Å². The number of carbonyl (C=O) groups excluding carboxylic acids is 1. The molecule has 1 saturated heterocycles. The highest BCUT2D eigenvalue weighted by atomic mass is 35.5. The first-order chi connectivity index (χ1) is 15.7. The van der Waals surface area contributed by atoms with E-state index in [1.165, 1.54) is 0 Å². The van der Waals surface area contributed by atoms with Crippen LogP contribution in [-0.4, -0.2) is 46.1 Å². The summed E-state index contributed by atoms with van der Waals surface area (Å²) in [6.07, 6.45) is -0.0240. The van der Waals surface area contributed by atoms with Crippen LogP contribution in [0.2, 0.25) is 10.0 Å². The average Bonchev–Trinajstić information content (AvgIpc) is 2.79. The van der Waals surface area contributed by atoms with Gasteiger partial charge in [0.1, 0.15) is 0 Å². The average molecular weight is 494 g/mol. The molecule has 0 aromatic heterocycles. The van der Waals surface area contributed by atoms with E-state index in [1.807, 2.05) is 55.5 Å². The summed E-state index contributed by atoms with van der Waals surface area (Å²) in [6, 6.07) is 14.7. The Morgan fingerprint density at radius 3 is 2.42 bits per heavy atom. The number of amides is 1. The molecule has 1 aliphatic rings. The van der Waals surface area contributed by atoms with E-state index >= 15 is 0 Å². The fourth-order valence-corrected chi connectivity index (χ4v) is 5.51. The van der Waals surface area contributed by atoms with Crippen molar-refractivity contribution in [1.29, 1.82) is 0 Å². The number of benzene rings is 2. The van der Waals surface area contributed by atoms with Crippen molar-refractivity contribution in [2.75, 3.05) is 6.61 Å². The van der Waals surface area contributed by atoms with Crippen molar-refractivity contribution in [3.63, 3.8) is 0 Å². The molecule has 0 bridgehead atoms. The van der Waals surface area contributed by atoms with E-state index in [4.69, 9.17) is 23.2 Å². The molecule has 33 heavy (non-hydrogen) atoms. The monoisotopic (exact) mass is 493 g/mol. The highest BCUT2D eigenvalue weighted by molar-refractivity contribution is 6.30. The van der Waals surface area contributed by atoms with Crippen LogP contribution < -0.4 is 5.32 Å². The van der Waals surface area contributed by atoms with E-state index in [1.54, 1.807) is 6.92 Å². The van der Waals surface area contributed by atoms with Crippen LogP contribution in [0.4, 0.5) is 0 Å². The lowest BCUT2D eigenvalue weighted by molar-refractivity contribution is -0.133. The molecule has 2 aromatic rings. The zero-order valence-corrected chi connectivity index (χ0v) is 20.6. The van der Waals surface area contributed by atoms with E-state index < -0.39 is 30.3 Å². The summed E-state index contributed by atoms with van der Waals surface area (Å²) in [5.74, 6) is -0.383. The molecule has 4 N–H and O–H groups in total. The Kier molecular flexibility index (Phi) is 8.82. The third kappa shape index (κ3) is 6.09. The summed E-state index contributed by atoms with van der Waals surface area (Å²) in [5.41, 5.74) is 1.14. The van der Waals surface area contributed by atoms with E-state index in [2.05, 4.69) is 5.32 Å². The molecule has 0 radical (unpaired) electrons. The lowest BCUT2D eigenvalue weighted by atomic mass is 9.61. The molecule has 180 valence electrons. The second-order valence-corrected chi connectivity index (χ2v) is 10.2. The van der Waals surface area contributed by atoms with Crippen molar-refractivity contribution < 1.29 is 20.1 Å². The van der Waals surface area contributed by atoms with Gasteiger partial charge in [0.15, 0.2) is 0 Å². The quantitative estimate of drug-likeness (QED) is 0.418. The van der Waals surface area contributed by atoms with Crippen molar-refractivity contribution in [2.24, 2.45) is 11.3 Å². The molecule has 3 rings (SSSR count). The highest BCUT2D eigenvalue weighted by Gasteiger charge is 2.50. The molecule has 0 saturated carbocycles. The minimum absolute atomic E-state index is 0.0757. The molecular weight excluding hydrogens is 461 g/mol. The van der Waals surface area contributed by atoms with Gasteiger partial charge in [0.25, 0.3) is 0 Å². The van der Waals surface area contributed by atoms with Crippen molar-refractivity contribution in [3.8, 4) is 0 Å². The molecule has 7 heteroatoms. The second kappa shape index (κ2) is 11.2. The Balaban J connectivity index is 2.05. The van der Waals surface area contributed by atoms with Crippen LogP contribution in [0.15, 0.2) is 48.5 Å². The molecule has 0 aliphatic carbocycles. The Hall–Kier alpha value is -1.63. The number of aliphatic hydroxyl groups is 3. The first-order valence-electron chi connectivity index (χ1n) is 11.4. The van der Waals surface area contributed by atoms with E-state index in [0.29, 0.717) is 29.3 Å². The van der Waals surface area contributed by atoms with Gasteiger partial charge in [-0.2, -0.15) is 0 Å². The standard InChI is InChI=1S/C26H33Cl2NO4/c1-16-12-23(19-4-3-5-21(28)13-19)24(29-25(16)33)26(17(2)31,14-22(32)15-30)11-10-18-6-8-20(27)9-7-18/h3-9,13,16-17,22-24,30-32H,10-12,14-15H2,1-2H3,(H,29,33)/t16-,17+,22+,23-,24+,26+/m1/s1. The van der Waals surface area contributed by atoms with Crippen LogP contribution in [0.3, 0.4) is 0 Å². The maximum absolute atomic E-state index is 12.8. The van der Waals surface area contributed by atoms with Crippen LogP contribution in [-0.2, 0) is 11.2 Å². The van der Waals surface area contributed by atoms with Gasteiger partial charge in [-0.15, -0.1) is 0 Å². The molecule has 1 amide bonds. The minimum atomic E-state index is -1.03. The largest absolute Gasteiger partial charge is 0.394 e. The number of aliphatic hydroxyl groups excluding tert-OH is 3. The van der Waals surface area contributed by atoms with E-state index in [-0.39, 0.29) is 24.2 Å². The van der Waals surface area contributed by atoms with E-state index in [9.17, 15) is 20.1 Å². The lowest BCUT2D eigenvalue weighted by Crippen LogP contribution is -2.60. The van der Waals surface area contributed by atoms with Gasteiger partial charge in [-0.05, 0) is 68.0 Å². The van der Waals surface area contributed by atoms with Gasteiger partial charge in [-0.1, -0.05) is 54.4 Å². The molecule has 1 heterocycles. The number of nitrogens with one attached hydrogen (secondary N) is 1. The normalized spacial score (nSPS) is 24.6. The van der Waals surface area contributed by atoms with Gasteiger partial charge in [0.05, 0.1) is 18.8 Å². The fraction of sp³-hybridized carbons (Fsp3) is 0.500. The highest BCUT2D eigenvalue weighted by Crippen LogP contribution is 2.47. The molecule has 0 spiro atoms. The number of rotatable bonds is 9. The van der Waals surface area contributed by atoms with Gasteiger partial charge in [0, 0.05) is 33.3 Å². The number of aryl methyl sites for hydroxylation is 1. The van der Waals surface area contributed by atoms with Crippen molar-refractivity contribution in [1.82, 2.24) is 5.32 Å². The summed E-state index contributed by atoms with van der Waals surface area (Å²) in [6.45, 7) is 3.17. The van der Waals surface area contributed by atoms with Crippen molar-refractivity contribution in [3.05, 3.63) is 69.7 Å². The first kappa shape index (κ1) is 26.0. The van der Waals surface area contributed by atoms with Crippen LogP contribution in [0.5, 0.6) is 0 Å². The molecular formula is C26H33Cl2NO4. The summed E-state index contributed by atoms with van der Waals surface area (Å²) in [7, 11) is 0. The number of hydrogen-bond acceptors (Lipinski definition) is 4. The summed E-state index contributed by atoms with van der Waals surface area (Å²) in [4.78, 5) is 12.8. The molecule has 1 aliphatic heterocycles. The summed E-state index contributed by atoms with van der Waals surface area (Å²) in [5, 5.41) is 35.8. The Bertz CT molecular complexity index is 936. The Morgan fingerprint density at radius 2 is 1.82 bits per heavy atom.